The fourth-order valence-electron chi connectivity index (χ4n) is 0.853. The first-order valence-corrected chi connectivity index (χ1v) is 3.30. The van der Waals surface area contributed by atoms with Gasteiger partial charge in [0.15, 0.2) is 5.69 Å². The number of ketones is 1. The smallest absolute Gasteiger partial charge is 0.218 e. The number of H-pyrrole nitrogens is 1. The van der Waals surface area contributed by atoms with Gasteiger partial charge in [0.1, 0.15) is 6.26 Å². The Morgan fingerprint density at radius 1 is 1.58 bits per heavy atom. The third kappa shape index (κ3) is 1.01. The van der Waals surface area contributed by atoms with Crippen molar-refractivity contribution in [2.45, 2.75) is 0 Å². The van der Waals surface area contributed by atoms with E-state index < -0.39 is 0 Å². The SMILES string of the molecule is O=C(c1ccoc1)c1cn[nH]n1. The molecular weight excluding hydrogens is 158 g/mol. The van der Waals surface area contributed by atoms with Crippen molar-refractivity contribution in [2.75, 3.05) is 0 Å². The number of hydrogen-bond donors (Lipinski definition) is 1. The topological polar surface area (TPSA) is 71.8 Å². The lowest BCUT2D eigenvalue weighted by atomic mass is 10.2. The van der Waals surface area contributed by atoms with Crippen LogP contribution in [-0.2, 0) is 0 Å². The molecule has 5 heteroatoms. The zero-order valence-electron chi connectivity index (χ0n) is 6.02. The Morgan fingerprint density at radius 2 is 2.50 bits per heavy atom. The number of aromatic amines is 1. The van der Waals surface area contributed by atoms with Gasteiger partial charge in [-0.05, 0) is 6.07 Å². The first-order chi connectivity index (χ1) is 5.88. The van der Waals surface area contributed by atoms with E-state index in [0.29, 0.717) is 5.56 Å². The largest absolute Gasteiger partial charge is 0.472 e. The van der Waals surface area contributed by atoms with Crippen LogP contribution in [0.15, 0.2) is 29.2 Å². The van der Waals surface area contributed by atoms with E-state index in [1.807, 2.05) is 0 Å². The third-order valence-electron chi connectivity index (χ3n) is 1.43. The summed E-state index contributed by atoms with van der Waals surface area (Å²) < 4.78 is 4.75. The Hall–Kier alpha value is -1.91. The first-order valence-electron chi connectivity index (χ1n) is 3.30. The highest BCUT2D eigenvalue weighted by molar-refractivity contribution is 6.07. The molecule has 5 nitrogen and oxygen atoms in total. The van der Waals surface area contributed by atoms with E-state index in [1.165, 1.54) is 18.7 Å². The molecule has 2 heterocycles. The molecule has 60 valence electrons. The Balaban J connectivity index is 2.34. The van der Waals surface area contributed by atoms with Crippen LogP contribution in [0, 0.1) is 0 Å². The van der Waals surface area contributed by atoms with Crippen molar-refractivity contribution in [2.24, 2.45) is 0 Å². The highest BCUT2D eigenvalue weighted by Crippen LogP contribution is 2.05. The molecule has 2 aromatic heterocycles. The van der Waals surface area contributed by atoms with Gasteiger partial charge in [-0.1, -0.05) is 0 Å². The van der Waals surface area contributed by atoms with Crippen LogP contribution in [0.4, 0.5) is 0 Å². The van der Waals surface area contributed by atoms with Crippen molar-refractivity contribution in [1.82, 2.24) is 15.4 Å². The molecule has 0 saturated heterocycles. The summed E-state index contributed by atoms with van der Waals surface area (Å²) >= 11 is 0. The van der Waals surface area contributed by atoms with Gasteiger partial charge in [-0.15, -0.1) is 0 Å². The molecule has 0 radical (unpaired) electrons. The van der Waals surface area contributed by atoms with Crippen LogP contribution in [-0.4, -0.2) is 21.2 Å². The molecule has 0 amide bonds. The second-order valence-electron chi connectivity index (χ2n) is 2.20. The Bertz CT molecular complexity index is 327. The zero-order valence-corrected chi connectivity index (χ0v) is 6.02. The predicted octanol–water partition coefficient (Wildman–Crippen LogP) is 0.629. The van der Waals surface area contributed by atoms with Crippen molar-refractivity contribution >= 4 is 5.78 Å². The number of carbonyl (C=O) groups is 1. The summed E-state index contributed by atoms with van der Waals surface area (Å²) in [7, 11) is 0. The summed E-state index contributed by atoms with van der Waals surface area (Å²) in [5.41, 5.74) is 0.764. The average Bonchev–Trinajstić information content (AvgIpc) is 2.77. The molecule has 0 saturated carbocycles. The minimum atomic E-state index is -0.197. The van der Waals surface area contributed by atoms with E-state index in [2.05, 4.69) is 15.4 Å². The molecule has 0 aliphatic rings. The van der Waals surface area contributed by atoms with Gasteiger partial charge < -0.3 is 4.42 Å². The number of hydrogen-bond acceptors (Lipinski definition) is 4. The zero-order chi connectivity index (χ0) is 8.39. The molecular formula is C7H5N3O2. The van der Waals surface area contributed by atoms with E-state index in [1.54, 1.807) is 6.07 Å². The van der Waals surface area contributed by atoms with E-state index in [-0.39, 0.29) is 11.5 Å². The standard InChI is InChI=1S/C7H5N3O2/c11-7(5-1-2-12-4-5)6-3-8-10-9-6/h1-4H,(H,8,9,10). The van der Waals surface area contributed by atoms with Crippen molar-refractivity contribution in [3.63, 3.8) is 0 Å². The lowest BCUT2D eigenvalue weighted by molar-refractivity contribution is 0.103. The van der Waals surface area contributed by atoms with E-state index in [4.69, 9.17) is 4.42 Å². The van der Waals surface area contributed by atoms with Crippen molar-refractivity contribution in [3.05, 3.63) is 36.0 Å². The van der Waals surface area contributed by atoms with Gasteiger partial charge in [-0.3, -0.25) is 4.79 Å². The number of aromatic nitrogens is 3. The maximum atomic E-state index is 11.4. The maximum absolute atomic E-state index is 11.4. The monoisotopic (exact) mass is 163 g/mol. The minimum absolute atomic E-state index is 0.197. The molecule has 1 N–H and O–H groups in total. The molecule has 0 spiro atoms. The van der Waals surface area contributed by atoms with Gasteiger partial charge in [0, 0.05) is 0 Å². The van der Waals surface area contributed by atoms with Gasteiger partial charge in [-0.2, -0.15) is 15.4 Å². The van der Waals surface area contributed by atoms with Gasteiger partial charge >= 0.3 is 0 Å². The number of rotatable bonds is 2. The second-order valence-corrected chi connectivity index (χ2v) is 2.20. The average molecular weight is 163 g/mol. The Morgan fingerprint density at radius 3 is 3.08 bits per heavy atom. The highest BCUT2D eigenvalue weighted by atomic mass is 16.3. The second kappa shape index (κ2) is 2.61. The summed E-state index contributed by atoms with van der Waals surface area (Å²) in [6, 6.07) is 1.58. The summed E-state index contributed by atoms with van der Waals surface area (Å²) in [6.45, 7) is 0. The fraction of sp³-hybridized carbons (Fsp3) is 0. The molecule has 0 aromatic carbocycles. The quantitative estimate of drug-likeness (QED) is 0.659. The molecule has 0 unspecified atom stereocenters. The summed E-state index contributed by atoms with van der Waals surface area (Å²) in [6.07, 6.45) is 4.18. The van der Waals surface area contributed by atoms with Crippen LogP contribution in [0.5, 0.6) is 0 Å². The molecule has 0 bridgehead atoms. The van der Waals surface area contributed by atoms with Gasteiger partial charge in [0.2, 0.25) is 5.78 Å². The van der Waals surface area contributed by atoms with Crippen LogP contribution in [0.2, 0.25) is 0 Å². The van der Waals surface area contributed by atoms with Crippen LogP contribution >= 0.6 is 0 Å². The molecule has 0 atom stereocenters. The van der Waals surface area contributed by atoms with Crippen LogP contribution < -0.4 is 0 Å². The van der Waals surface area contributed by atoms with E-state index in [9.17, 15) is 4.79 Å². The molecule has 2 rings (SSSR count). The van der Waals surface area contributed by atoms with Gasteiger partial charge in [0.05, 0.1) is 18.0 Å². The summed E-state index contributed by atoms with van der Waals surface area (Å²) in [4.78, 5) is 11.4. The Kier molecular flexibility index (Phi) is 1.48. The molecule has 0 aliphatic heterocycles. The molecule has 0 fully saturated rings. The van der Waals surface area contributed by atoms with Crippen molar-refractivity contribution < 1.29 is 9.21 Å². The van der Waals surface area contributed by atoms with Crippen LogP contribution in [0.1, 0.15) is 16.1 Å². The summed E-state index contributed by atoms with van der Waals surface area (Å²) in [5.74, 6) is -0.197. The number of nitrogens with one attached hydrogen (secondary N) is 1. The van der Waals surface area contributed by atoms with Crippen LogP contribution in [0.3, 0.4) is 0 Å². The summed E-state index contributed by atoms with van der Waals surface area (Å²) in [5, 5.41) is 9.53. The van der Waals surface area contributed by atoms with E-state index >= 15 is 0 Å². The lowest BCUT2D eigenvalue weighted by Gasteiger charge is -1.86. The number of nitrogens with zero attached hydrogens (tertiary/aromatic N) is 2. The Labute approximate surface area is 67.4 Å². The highest BCUT2D eigenvalue weighted by Gasteiger charge is 2.11. The minimum Gasteiger partial charge on any atom is -0.472 e. The third-order valence-corrected chi connectivity index (χ3v) is 1.43. The normalized spacial score (nSPS) is 10.0. The first kappa shape index (κ1) is 6.78. The van der Waals surface area contributed by atoms with E-state index in [0.717, 1.165) is 0 Å². The molecule has 12 heavy (non-hydrogen) atoms. The van der Waals surface area contributed by atoms with Crippen molar-refractivity contribution in [1.29, 1.82) is 0 Å². The number of carbonyl (C=O) groups excluding carboxylic acids is 1. The maximum Gasteiger partial charge on any atom is 0.218 e. The van der Waals surface area contributed by atoms with Gasteiger partial charge in [0.25, 0.3) is 0 Å². The molecule has 2 aromatic rings. The number of furan rings is 1. The predicted molar refractivity (Wildman–Crippen MR) is 38.5 cm³/mol. The fourth-order valence-corrected chi connectivity index (χ4v) is 0.853. The van der Waals surface area contributed by atoms with Gasteiger partial charge in [-0.25, -0.2) is 0 Å². The van der Waals surface area contributed by atoms with Crippen LogP contribution in [0.25, 0.3) is 0 Å². The molecule has 0 aliphatic carbocycles. The lowest BCUT2D eigenvalue weighted by Crippen LogP contribution is -1.99. The van der Waals surface area contributed by atoms with Crippen molar-refractivity contribution in [3.8, 4) is 0 Å².